The van der Waals surface area contributed by atoms with Gasteiger partial charge < -0.3 is 4.74 Å². The summed E-state index contributed by atoms with van der Waals surface area (Å²) in [6, 6.07) is 7.07. The van der Waals surface area contributed by atoms with Crippen molar-refractivity contribution >= 4 is 16.8 Å². The average Bonchev–Trinajstić information content (AvgIpc) is 2.37. The first kappa shape index (κ1) is 14.9. The molecule has 0 amide bonds. The monoisotopic (exact) mass is 268 g/mol. The van der Waals surface area contributed by atoms with Gasteiger partial charge in [-0.05, 0) is 23.6 Å². The van der Waals surface area contributed by atoms with Crippen molar-refractivity contribution in [3.05, 3.63) is 35.4 Å². The van der Waals surface area contributed by atoms with E-state index in [0.29, 0.717) is 17.2 Å². The molecule has 0 N–H and O–H groups in total. The minimum Gasteiger partial charge on any atom is -0.465 e. The van der Waals surface area contributed by atoms with Crippen LogP contribution in [0.2, 0.25) is 0 Å². The van der Waals surface area contributed by atoms with E-state index < -0.39 is 10.8 Å². The molecule has 0 fully saturated rings. The van der Waals surface area contributed by atoms with Crippen LogP contribution in [-0.2, 0) is 21.3 Å². The molecule has 4 heteroatoms. The number of carbonyl (C=O) groups is 1. The van der Waals surface area contributed by atoms with E-state index in [1.807, 2.05) is 19.1 Å². The van der Waals surface area contributed by atoms with E-state index in [1.165, 1.54) is 7.11 Å². The summed E-state index contributed by atoms with van der Waals surface area (Å²) in [6.45, 7) is 6.15. The standard InChI is InChI=1S/C14H20O3S/c1-10(2)11(3)18(16)9-12-5-7-13(8-6-12)14(15)17-4/h5-8,10-11H,9H2,1-4H3. The van der Waals surface area contributed by atoms with E-state index in [0.717, 1.165) is 5.56 Å². The van der Waals surface area contributed by atoms with Gasteiger partial charge in [0.05, 0.1) is 12.7 Å². The first-order chi connectivity index (χ1) is 8.45. The van der Waals surface area contributed by atoms with E-state index in [4.69, 9.17) is 0 Å². The van der Waals surface area contributed by atoms with Crippen LogP contribution >= 0.6 is 0 Å². The van der Waals surface area contributed by atoms with Crippen molar-refractivity contribution in [2.45, 2.75) is 31.8 Å². The van der Waals surface area contributed by atoms with Gasteiger partial charge in [-0.1, -0.05) is 32.9 Å². The van der Waals surface area contributed by atoms with Gasteiger partial charge in [0.1, 0.15) is 0 Å². The Kier molecular flexibility index (Phi) is 5.54. The molecule has 18 heavy (non-hydrogen) atoms. The van der Waals surface area contributed by atoms with Crippen LogP contribution in [0.25, 0.3) is 0 Å². The summed E-state index contributed by atoms with van der Waals surface area (Å²) in [5, 5.41) is 0.172. The Hall–Kier alpha value is -1.16. The molecule has 0 spiro atoms. The zero-order valence-corrected chi connectivity index (χ0v) is 12.1. The van der Waals surface area contributed by atoms with Crippen molar-refractivity contribution in [3.8, 4) is 0 Å². The van der Waals surface area contributed by atoms with E-state index in [9.17, 15) is 9.00 Å². The smallest absolute Gasteiger partial charge is 0.337 e. The SMILES string of the molecule is COC(=O)c1ccc(CS(=O)C(C)C(C)C)cc1. The third-order valence-electron chi connectivity index (χ3n) is 3.04. The van der Waals surface area contributed by atoms with Crippen LogP contribution in [0.15, 0.2) is 24.3 Å². The van der Waals surface area contributed by atoms with Crippen LogP contribution in [0.5, 0.6) is 0 Å². The number of rotatable bonds is 5. The Labute approximate surface area is 111 Å². The van der Waals surface area contributed by atoms with E-state index >= 15 is 0 Å². The van der Waals surface area contributed by atoms with Gasteiger partial charge in [-0.3, -0.25) is 4.21 Å². The van der Waals surface area contributed by atoms with Crippen molar-refractivity contribution < 1.29 is 13.7 Å². The molecule has 0 radical (unpaired) electrons. The molecule has 100 valence electrons. The maximum absolute atomic E-state index is 12.0. The van der Waals surface area contributed by atoms with Crippen molar-refractivity contribution in [2.75, 3.05) is 7.11 Å². The van der Waals surface area contributed by atoms with Crippen molar-refractivity contribution in [3.63, 3.8) is 0 Å². The predicted octanol–water partition coefficient (Wildman–Crippen LogP) is 2.77. The quantitative estimate of drug-likeness (QED) is 0.771. The fourth-order valence-corrected chi connectivity index (χ4v) is 2.85. The van der Waals surface area contributed by atoms with Gasteiger partial charge in [-0.2, -0.15) is 0 Å². The lowest BCUT2D eigenvalue weighted by molar-refractivity contribution is 0.0600. The lowest BCUT2D eigenvalue weighted by Crippen LogP contribution is -2.18. The second-order valence-electron chi connectivity index (χ2n) is 4.66. The molecule has 0 aliphatic rings. The summed E-state index contributed by atoms with van der Waals surface area (Å²) in [5.74, 6) is 0.583. The van der Waals surface area contributed by atoms with Gasteiger partial charge in [-0.15, -0.1) is 0 Å². The Bertz CT molecular complexity index is 423. The van der Waals surface area contributed by atoms with Crippen LogP contribution < -0.4 is 0 Å². The lowest BCUT2D eigenvalue weighted by atomic mass is 10.1. The minimum atomic E-state index is -0.881. The highest BCUT2D eigenvalue weighted by Gasteiger charge is 2.15. The molecule has 3 nitrogen and oxygen atoms in total. The molecule has 2 atom stereocenters. The molecule has 0 bridgehead atoms. The molecule has 1 rings (SSSR count). The Morgan fingerprint density at radius 2 is 1.78 bits per heavy atom. The maximum atomic E-state index is 12.0. The number of esters is 1. The fourth-order valence-electron chi connectivity index (χ4n) is 1.45. The zero-order valence-electron chi connectivity index (χ0n) is 11.3. The third-order valence-corrected chi connectivity index (χ3v) is 5.03. The number of carbonyl (C=O) groups excluding carboxylic acids is 1. The van der Waals surface area contributed by atoms with Crippen molar-refractivity contribution in [1.29, 1.82) is 0 Å². The number of benzene rings is 1. The van der Waals surface area contributed by atoms with Crippen LogP contribution in [0.4, 0.5) is 0 Å². The first-order valence-electron chi connectivity index (χ1n) is 6.00. The summed E-state index contributed by atoms with van der Waals surface area (Å²) in [4.78, 5) is 11.3. The molecule has 0 aliphatic carbocycles. The molecular weight excluding hydrogens is 248 g/mol. The molecule has 2 unspecified atom stereocenters. The highest BCUT2D eigenvalue weighted by Crippen LogP contribution is 2.14. The van der Waals surface area contributed by atoms with Gasteiger partial charge >= 0.3 is 5.97 Å². The van der Waals surface area contributed by atoms with Gasteiger partial charge in [0.2, 0.25) is 0 Å². The molecule has 1 aromatic rings. The number of hydrogen-bond acceptors (Lipinski definition) is 3. The van der Waals surface area contributed by atoms with Crippen LogP contribution in [-0.4, -0.2) is 22.5 Å². The van der Waals surface area contributed by atoms with Crippen molar-refractivity contribution in [1.82, 2.24) is 0 Å². The summed E-state index contributed by atoms with van der Waals surface area (Å²) < 4.78 is 16.7. The maximum Gasteiger partial charge on any atom is 0.337 e. The van der Waals surface area contributed by atoms with Crippen molar-refractivity contribution in [2.24, 2.45) is 5.92 Å². The predicted molar refractivity (Wildman–Crippen MR) is 73.9 cm³/mol. The molecule has 0 aliphatic heterocycles. The lowest BCUT2D eigenvalue weighted by Gasteiger charge is -2.15. The first-order valence-corrected chi connectivity index (χ1v) is 7.38. The van der Waals surface area contributed by atoms with E-state index in [-0.39, 0.29) is 11.2 Å². The molecule has 0 saturated carbocycles. The highest BCUT2D eigenvalue weighted by molar-refractivity contribution is 7.84. The van der Waals surface area contributed by atoms with Crippen LogP contribution in [0.3, 0.4) is 0 Å². The molecule has 1 aromatic carbocycles. The molecular formula is C14H20O3S. The molecule has 0 aromatic heterocycles. The molecule has 0 saturated heterocycles. The normalized spacial score (nSPS) is 14.3. The Balaban J connectivity index is 2.69. The summed E-state index contributed by atoms with van der Waals surface area (Å²) in [7, 11) is 0.476. The van der Waals surface area contributed by atoms with Gasteiger partial charge in [0.15, 0.2) is 0 Å². The number of methoxy groups -OCH3 is 1. The Morgan fingerprint density at radius 1 is 1.22 bits per heavy atom. The number of ether oxygens (including phenoxy) is 1. The summed E-state index contributed by atoms with van der Waals surface area (Å²) in [6.07, 6.45) is 0. The number of hydrogen-bond donors (Lipinski definition) is 0. The van der Waals surface area contributed by atoms with E-state index in [2.05, 4.69) is 18.6 Å². The average molecular weight is 268 g/mol. The second-order valence-corrected chi connectivity index (χ2v) is 6.46. The third kappa shape index (κ3) is 3.95. The summed E-state index contributed by atoms with van der Waals surface area (Å²) >= 11 is 0. The minimum absolute atomic E-state index is 0.172. The Morgan fingerprint density at radius 3 is 2.22 bits per heavy atom. The highest BCUT2D eigenvalue weighted by atomic mass is 32.2. The second kappa shape index (κ2) is 6.69. The molecule has 0 heterocycles. The topological polar surface area (TPSA) is 43.4 Å². The van der Waals surface area contributed by atoms with Crippen LogP contribution in [0.1, 0.15) is 36.7 Å². The fraction of sp³-hybridized carbons (Fsp3) is 0.500. The van der Waals surface area contributed by atoms with Gasteiger partial charge in [0.25, 0.3) is 0 Å². The van der Waals surface area contributed by atoms with Gasteiger partial charge in [-0.25, -0.2) is 4.79 Å². The van der Waals surface area contributed by atoms with Crippen LogP contribution in [0, 0.1) is 5.92 Å². The van der Waals surface area contributed by atoms with E-state index in [1.54, 1.807) is 12.1 Å². The summed E-state index contributed by atoms with van der Waals surface area (Å²) in [5.41, 5.74) is 1.50. The largest absolute Gasteiger partial charge is 0.465 e. The van der Waals surface area contributed by atoms with Gasteiger partial charge in [0, 0.05) is 21.8 Å². The zero-order chi connectivity index (χ0) is 13.7.